The van der Waals surface area contributed by atoms with Gasteiger partial charge in [0.15, 0.2) is 0 Å². The summed E-state index contributed by atoms with van der Waals surface area (Å²) < 4.78 is 27.6. The van der Waals surface area contributed by atoms with Gasteiger partial charge in [-0.1, -0.05) is 26.7 Å². The second kappa shape index (κ2) is 12.4. The Morgan fingerprint density at radius 2 is 1.89 bits per heavy atom. The lowest BCUT2D eigenvalue weighted by Crippen LogP contribution is -2.63. The number of amides is 3. The summed E-state index contributed by atoms with van der Waals surface area (Å²) in [6, 6.07) is 1.01. The van der Waals surface area contributed by atoms with Crippen molar-refractivity contribution in [3.8, 4) is 0 Å². The summed E-state index contributed by atoms with van der Waals surface area (Å²) in [6.07, 6.45) is 1.62. The summed E-state index contributed by atoms with van der Waals surface area (Å²) in [5.41, 5.74) is 0.236. The van der Waals surface area contributed by atoms with E-state index in [-0.39, 0.29) is 24.4 Å². The number of hydrogen-bond acceptors (Lipinski definition) is 5. The minimum absolute atomic E-state index is 0.0434. The Labute approximate surface area is 204 Å². The molecule has 0 radical (unpaired) electrons. The van der Waals surface area contributed by atoms with Crippen LogP contribution in [0.5, 0.6) is 0 Å². The molecule has 0 spiro atoms. The number of likely N-dealkylation sites (tertiary alicyclic amines) is 1. The highest BCUT2D eigenvalue weighted by atomic mass is 19.1. The van der Waals surface area contributed by atoms with Crippen molar-refractivity contribution >= 4 is 17.7 Å². The molecule has 2 heterocycles. The molecule has 3 amide bonds. The first-order chi connectivity index (χ1) is 16.7. The number of aliphatic hydroxyl groups excluding tert-OH is 1. The van der Waals surface area contributed by atoms with Crippen molar-refractivity contribution in [2.24, 2.45) is 11.8 Å². The lowest BCUT2D eigenvalue weighted by atomic mass is 9.89. The minimum Gasteiger partial charge on any atom is -0.389 e. The predicted octanol–water partition coefficient (Wildman–Crippen LogP) is 1.12. The molecule has 35 heavy (non-hydrogen) atoms. The molecule has 2 saturated heterocycles. The molecule has 0 bridgehead atoms. The summed E-state index contributed by atoms with van der Waals surface area (Å²) in [5.74, 6) is -3.48. The number of aliphatic hydroxyl groups is 1. The number of hydrogen-bond donors (Lipinski definition) is 4. The molecule has 5 atom stereocenters. The smallest absolute Gasteiger partial charge is 0.239 e. The van der Waals surface area contributed by atoms with Crippen LogP contribution in [0.25, 0.3) is 0 Å². The Morgan fingerprint density at radius 1 is 1.17 bits per heavy atom. The maximum atomic E-state index is 13.8. The average Bonchev–Trinajstić information content (AvgIpc) is 3.12. The van der Waals surface area contributed by atoms with Gasteiger partial charge >= 0.3 is 0 Å². The number of nitrogens with one attached hydrogen (secondary N) is 3. The van der Waals surface area contributed by atoms with E-state index in [9.17, 15) is 28.3 Å². The van der Waals surface area contributed by atoms with Crippen LogP contribution in [0.1, 0.15) is 45.1 Å². The van der Waals surface area contributed by atoms with Crippen molar-refractivity contribution in [3.63, 3.8) is 0 Å². The van der Waals surface area contributed by atoms with Crippen molar-refractivity contribution in [2.45, 2.75) is 64.1 Å². The second-order valence-corrected chi connectivity index (χ2v) is 9.45. The molecule has 2 fully saturated rings. The molecule has 1 aromatic carbocycles. The van der Waals surface area contributed by atoms with Gasteiger partial charge in [-0.25, -0.2) is 8.78 Å². The number of halogens is 2. The van der Waals surface area contributed by atoms with Gasteiger partial charge in [0.25, 0.3) is 0 Å². The summed E-state index contributed by atoms with van der Waals surface area (Å²) >= 11 is 0. The number of piperazine rings is 1. The van der Waals surface area contributed by atoms with Gasteiger partial charge in [-0.05, 0) is 37.0 Å². The molecule has 194 valence electrons. The van der Waals surface area contributed by atoms with Gasteiger partial charge in [0.05, 0.1) is 24.0 Å². The Kier molecular flexibility index (Phi) is 9.56. The number of benzene rings is 1. The largest absolute Gasteiger partial charge is 0.389 e. The Balaban J connectivity index is 1.82. The fourth-order valence-corrected chi connectivity index (χ4v) is 4.97. The van der Waals surface area contributed by atoms with E-state index in [1.54, 1.807) is 4.90 Å². The molecule has 0 aromatic heterocycles. The number of unbranched alkanes of at least 4 members (excludes halogenated alkanes) is 1. The predicted molar refractivity (Wildman–Crippen MR) is 126 cm³/mol. The standard InChI is InChI=1S/C25H36F2N4O4/c1-3-5-9-31-14-19(18(6-4-2)25(31)35)23(33)30-20(12-15-10-16(26)13-17(27)11-15)22(32)21-24(34)29-8-7-28-21/h10-11,13,18-22,28,32H,3-9,12,14H2,1-2H3,(H,29,34)(H,30,33)/t18?,19?,20-,21-,22-/m0/s1. The molecule has 0 aliphatic carbocycles. The van der Waals surface area contributed by atoms with Crippen LogP contribution in [0.3, 0.4) is 0 Å². The van der Waals surface area contributed by atoms with Crippen LogP contribution < -0.4 is 16.0 Å². The van der Waals surface area contributed by atoms with E-state index in [0.717, 1.165) is 37.5 Å². The van der Waals surface area contributed by atoms with Crippen LogP contribution in [0.2, 0.25) is 0 Å². The number of carbonyl (C=O) groups is 3. The van der Waals surface area contributed by atoms with Crippen molar-refractivity contribution < 1.29 is 28.3 Å². The van der Waals surface area contributed by atoms with Gasteiger partial charge < -0.3 is 26.0 Å². The highest BCUT2D eigenvalue weighted by molar-refractivity contribution is 5.91. The van der Waals surface area contributed by atoms with E-state index in [0.29, 0.717) is 26.1 Å². The number of rotatable bonds is 11. The van der Waals surface area contributed by atoms with E-state index >= 15 is 0 Å². The summed E-state index contributed by atoms with van der Waals surface area (Å²) in [6.45, 7) is 5.70. The van der Waals surface area contributed by atoms with Gasteiger partial charge in [-0.15, -0.1) is 0 Å². The Morgan fingerprint density at radius 3 is 2.51 bits per heavy atom. The van der Waals surface area contributed by atoms with Crippen LogP contribution in [0.4, 0.5) is 8.78 Å². The van der Waals surface area contributed by atoms with Gasteiger partial charge in [0, 0.05) is 32.2 Å². The Hall–Kier alpha value is -2.59. The van der Waals surface area contributed by atoms with Crippen LogP contribution >= 0.6 is 0 Å². The molecular formula is C25H36F2N4O4. The van der Waals surface area contributed by atoms with E-state index in [4.69, 9.17) is 0 Å². The SMILES string of the molecule is CCCCN1CC(C(=O)N[C@@H](Cc2cc(F)cc(F)c2)[C@H](O)[C@@H]2NCCNC2=O)C(CCC)C1=O. The molecule has 10 heteroatoms. The number of nitrogens with zero attached hydrogens (tertiary/aromatic N) is 1. The lowest BCUT2D eigenvalue weighted by Gasteiger charge is -2.33. The first-order valence-corrected chi connectivity index (χ1v) is 12.5. The third-order valence-electron chi connectivity index (χ3n) is 6.78. The van der Waals surface area contributed by atoms with Crippen LogP contribution in [0.15, 0.2) is 18.2 Å². The minimum atomic E-state index is -1.36. The third kappa shape index (κ3) is 6.76. The maximum absolute atomic E-state index is 13.8. The van der Waals surface area contributed by atoms with Gasteiger partial charge in [-0.2, -0.15) is 0 Å². The summed E-state index contributed by atoms with van der Waals surface area (Å²) in [5, 5.41) is 19.5. The normalized spacial score (nSPS) is 24.3. The molecule has 1 aromatic rings. The first kappa shape index (κ1) is 27.0. The van der Waals surface area contributed by atoms with E-state index in [1.807, 2.05) is 13.8 Å². The average molecular weight is 495 g/mol. The van der Waals surface area contributed by atoms with Crippen LogP contribution in [0, 0.1) is 23.5 Å². The molecule has 2 unspecified atom stereocenters. The fourth-order valence-electron chi connectivity index (χ4n) is 4.97. The molecule has 2 aliphatic heterocycles. The topological polar surface area (TPSA) is 111 Å². The zero-order valence-electron chi connectivity index (χ0n) is 20.4. The molecular weight excluding hydrogens is 458 g/mol. The van der Waals surface area contributed by atoms with E-state index < -0.39 is 53.5 Å². The summed E-state index contributed by atoms with van der Waals surface area (Å²) in [4.78, 5) is 40.4. The highest BCUT2D eigenvalue weighted by Gasteiger charge is 2.44. The zero-order chi connectivity index (χ0) is 25.5. The maximum Gasteiger partial charge on any atom is 0.239 e. The van der Waals surface area contributed by atoms with Crippen LogP contribution in [-0.4, -0.2) is 72.1 Å². The summed E-state index contributed by atoms with van der Waals surface area (Å²) in [7, 11) is 0. The van der Waals surface area contributed by atoms with Crippen molar-refractivity contribution in [1.29, 1.82) is 0 Å². The highest BCUT2D eigenvalue weighted by Crippen LogP contribution is 2.30. The fraction of sp³-hybridized carbons (Fsp3) is 0.640. The van der Waals surface area contributed by atoms with Crippen molar-refractivity contribution in [2.75, 3.05) is 26.2 Å². The van der Waals surface area contributed by atoms with Crippen LogP contribution in [-0.2, 0) is 20.8 Å². The molecule has 3 rings (SSSR count). The zero-order valence-corrected chi connectivity index (χ0v) is 20.4. The monoisotopic (exact) mass is 494 g/mol. The van der Waals surface area contributed by atoms with Gasteiger partial charge in [0.2, 0.25) is 17.7 Å². The first-order valence-electron chi connectivity index (χ1n) is 12.5. The third-order valence-corrected chi connectivity index (χ3v) is 6.78. The number of carbonyl (C=O) groups excluding carboxylic acids is 3. The quantitative estimate of drug-likeness (QED) is 0.369. The van der Waals surface area contributed by atoms with Gasteiger partial charge in [0.1, 0.15) is 17.7 Å². The van der Waals surface area contributed by atoms with Crippen molar-refractivity contribution in [1.82, 2.24) is 20.9 Å². The van der Waals surface area contributed by atoms with Gasteiger partial charge in [-0.3, -0.25) is 14.4 Å². The van der Waals surface area contributed by atoms with Crippen molar-refractivity contribution in [3.05, 3.63) is 35.4 Å². The van der Waals surface area contributed by atoms with E-state index in [2.05, 4.69) is 16.0 Å². The molecule has 0 saturated carbocycles. The Bertz CT molecular complexity index is 895. The molecule has 8 nitrogen and oxygen atoms in total. The molecule has 2 aliphatic rings. The molecule has 4 N–H and O–H groups in total. The second-order valence-electron chi connectivity index (χ2n) is 9.45. The lowest BCUT2D eigenvalue weighted by molar-refractivity contribution is -0.134. The van der Waals surface area contributed by atoms with E-state index in [1.165, 1.54) is 0 Å².